The van der Waals surface area contributed by atoms with E-state index in [1.54, 1.807) is 0 Å². The molecule has 0 heterocycles. The fourth-order valence-corrected chi connectivity index (χ4v) is 2.50. The van der Waals surface area contributed by atoms with E-state index in [9.17, 15) is 9.18 Å². The van der Waals surface area contributed by atoms with Crippen LogP contribution in [0.3, 0.4) is 0 Å². The first-order valence-electron chi connectivity index (χ1n) is 6.71. The second kappa shape index (κ2) is 6.27. The number of amides is 1. The second-order valence-electron chi connectivity index (χ2n) is 5.18. The van der Waals surface area contributed by atoms with Crippen LogP contribution in [0.4, 0.5) is 4.39 Å². The third kappa shape index (κ3) is 3.61. The Kier molecular flexibility index (Phi) is 4.63. The number of benzene rings is 2. The quantitative estimate of drug-likeness (QED) is 0.883. The van der Waals surface area contributed by atoms with Crippen LogP contribution in [0.15, 0.2) is 36.4 Å². The molecule has 2 aromatic rings. The van der Waals surface area contributed by atoms with Crippen molar-refractivity contribution in [3.8, 4) is 0 Å². The Labute approximate surface area is 128 Å². The van der Waals surface area contributed by atoms with Crippen LogP contribution in [0, 0.1) is 19.7 Å². The monoisotopic (exact) mass is 305 g/mol. The Balaban J connectivity index is 2.18. The molecule has 2 nitrogen and oxygen atoms in total. The van der Waals surface area contributed by atoms with Crippen LogP contribution < -0.4 is 5.32 Å². The minimum atomic E-state index is -0.618. The largest absolute Gasteiger partial charge is 0.345 e. The van der Waals surface area contributed by atoms with Crippen molar-refractivity contribution in [3.63, 3.8) is 0 Å². The van der Waals surface area contributed by atoms with Gasteiger partial charge in [0, 0.05) is 5.02 Å². The standard InChI is InChI=1S/C17H17ClFNO/c1-10-4-6-14(11(2)8-10)12(3)20-17(21)15-7-5-13(18)9-16(15)19/h4-9,12H,1-3H3,(H,20,21). The van der Waals surface area contributed by atoms with Crippen LogP contribution in [-0.2, 0) is 0 Å². The minimum Gasteiger partial charge on any atom is -0.345 e. The summed E-state index contributed by atoms with van der Waals surface area (Å²) in [5.41, 5.74) is 3.28. The summed E-state index contributed by atoms with van der Waals surface area (Å²) in [7, 11) is 0. The van der Waals surface area contributed by atoms with Crippen molar-refractivity contribution in [1.82, 2.24) is 5.32 Å². The number of carbonyl (C=O) groups is 1. The van der Waals surface area contributed by atoms with Gasteiger partial charge in [0.05, 0.1) is 11.6 Å². The molecule has 4 heteroatoms. The zero-order valence-corrected chi connectivity index (χ0v) is 13.0. The van der Waals surface area contributed by atoms with Crippen LogP contribution in [0.1, 0.15) is 40.0 Å². The molecule has 0 saturated heterocycles. The van der Waals surface area contributed by atoms with Gasteiger partial charge in [-0.1, -0.05) is 35.4 Å². The third-order valence-electron chi connectivity index (χ3n) is 3.42. The van der Waals surface area contributed by atoms with Gasteiger partial charge in [0.2, 0.25) is 0 Å². The molecule has 2 rings (SSSR count). The van der Waals surface area contributed by atoms with Crippen LogP contribution in [-0.4, -0.2) is 5.91 Å². The van der Waals surface area contributed by atoms with E-state index in [1.807, 2.05) is 32.9 Å². The molecule has 0 bridgehead atoms. The number of aryl methyl sites for hydroxylation is 2. The number of hydrogen-bond acceptors (Lipinski definition) is 1. The molecule has 1 unspecified atom stereocenters. The average Bonchev–Trinajstić information content (AvgIpc) is 2.37. The number of hydrogen-bond donors (Lipinski definition) is 1. The molecular weight excluding hydrogens is 289 g/mol. The molecular formula is C17H17ClFNO. The molecule has 1 N–H and O–H groups in total. The van der Waals surface area contributed by atoms with Crippen molar-refractivity contribution in [2.75, 3.05) is 0 Å². The van der Waals surface area contributed by atoms with E-state index in [4.69, 9.17) is 11.6 Å². The predicted octanol–water partition coefficient (Wildman–Crippen LogP) is 4.59. The fourth-order valence-electron chi connectivity index (χ4n) is 2.34. The van der Waals surface area contributed by atoms with Crippen molar-refractivity contribution < 1.29 is 9.18 Å². The van der Waals surface area contributed by atoms with Crippen molar-refractivity contribution in [2.24, 2.45) is 0 Å². The summed E-state index contributed by atoms with van der Waals surface area (Å²) < 4.78 is 13.7. The van der Waals surface area contributed by atoms with Gasteiger partial charge in [-0.25, -0.2) is 4.39 Å². The molecule has 110 valence electrons. The van der Waals surface area contributed by atoms with E-state index in [1.165, 1.54) is 17.7 Å². The lowest BCUT2D eigenvalue weighted by atomic mass is 10.00. The second-order valence-corrected chi connectivity index (χ2v) is 5.62. The molecule has 1 atom stereocenters. The van der Waals surface area contributed by atoms with Crippen molar-refractivity contribution in [2.45, 2.75) is 26.8 Å². The summed E-state index contributed by atoms with van der Waals surface area (Å²) >= 11 is 5.69. The molecule has 0 aromatic heterocycles. The summed E-state index contributed by atoms with van der Waals surface area (Å²) in [6.45, 7) is 5.89. The van der Waals surface area contributed by atoms with Crippen LogP contribution >= 0.6 is 11.6 Å². The summed E-state index contributed by atoms with van der Waals surface area (Å²) in [4.78, 5) is 12.1. The van der Waals surface area contributed by atoms with Gasteiger partial charge in [-0.3, -0.25) is 4.79 Å². The summed E-state index contributed by atoms with van der Waals surface area (Å²) in [6.07, 6.45) is 0. The average molecular weight is 306 g/mol. The Morgan fingerprint density at radius 1 is 1.19 bits per heavy atom. The van der Waals surface area contributed by atoms with Crippen LogP contribution in [0.5, 0.6) is 0 Å². The maximum Gasteiger partial charge on any atom is 0.254 e. The minimum absolute atomic E-state index is 0.00369. The lowest BCUT2D eigenvalue weighted by Gasteiger charge is -2.17. The number of halogens is 2. The van der Waals surface area contributed by atoms with Gasteiger partial charge in [0.15, 0.2) is 0 Å². The van der Waals surface area contributed by atoms with E-state index in [-0.39, 0.29) is 16.6 Å². The highest BCUT2D eigenvalue weighted by Gasteiger charge is 2.16. The van der Waals surface area contributed by atoms with Gasteiger partial charge < -0.3 is 5.32 Å². The molecule has 0 aliphatic heterocycles. The molecule has 0 spiro atoms. The normalized spacial score (nSPS) is 12.0. The Bertz CT molecular complexity index is 684. The lowest BCUT2D eigenvalue weighted by molar-refractivity contribution is 0.0936. The zero-order chi connectivity index (χ0) is 15.6. The van der Waals surface area contributed by atoms with Crippen LogP contribution in [0.2, 0.25) is 5.02 Å². The lowest BCUT2D eigenvalue weighted by Crippen LogP contribution is -2.27. The van der Waals surface area contributed by atoms with Gasteiger partial charge in [0.25, 0.3) is 5.91 Å². The van der Waals surface area contributed by atoms with E-state index in [0.29, 0.717) is 0 Å². The summed E-state index contributed by atoms with van der Waals surface area (Å²) in [6, 6.07) is 9.86. The van der Waals surface area contributed by atoms with Gasteiger partial charge >= 0.3 is 0 Å². The Hall–Kier alpha value is -1.87. The van der Waals surface area contributed by atoms with Gasteiger partial charge in [0.1, 0.15) is 5.82 Å². The van der Waals surface area contributed by atoms with Crippen molar-refractivity contribution in [3.05, 3.63) is 69.5 Å². The molecule has 0 aliphatic carbocycles. The highest BCUT2D eigenvalue weighted by molar-refractivity contribution is 6.30. The van der Waals surface area contributed by atoms with Crippen molar-refractivity contribution in [1.29, 1.82) is 0 Å². The van der Waals surface area contributed by atoms with Gasteiger partial charge in [-0.05, 0) is 50.1 Å². The van der Waals surface area contributed by atoms with E-state index < -0.39 is 11.7 Å². The maximum absolute atomic E-state index is 13.7. The number of nitrogens with one attached hydrogen (secondary N) is 1. The van der Waals surface area contributed by atoms with E-state index in [0.717, 1.165) is 17.2 Å². The molecule has 0 aliphatic rings. The highest BCUT2D eigenvalue weighted by Crippen LogP contribution is 2.20. The predicted molar refractivity (Wildman–Crippen MR) is 83.2 cm³/mol. The van der Waals surface area contributed by atoms with Crippen molar-refractivity contribution >= 4 is 17.5 Å². The molecule has 21 heavy (non-hydrogen) atoms. The zero-order valence-electron chi connectivity index (χ0n) is 12.2. The van der Waals surface area contributed by atoms with E-state index >= 15 is 0 Å². The fraction of sp³-hybridized carbons (Fsp3) is 0.235. The number of carbonyl (C=O) groups excluding carboxylic acids is 1. The van der Waals surface area contributed by atoms with Crippen LogP contribution in [0.25, 0.3) is 0 Å². The molecule has 1 amide bonds. The first-order chi connectivity index (χ1) is 9.88. The highest BCUT2D eigenvalue weighted by atomic mass is 35.5. The van der Waals surface area contributed by atoms with Gasteiger partial charge in [-0.15, -0.1) is 0 Å². The molecule has 2 aromatic carbocycles. The first kappa shape index (κ1) is 15.5. The SMILES string of the molecule is Cc1ccc(C(C)NC(=O)c2ccc(Cl)cc2F)c(C)c1. The summed E-state index contributed by atoms with van der Waals surface area (Å²) in [5, 5.41) is 3.08. The Morgan fingerprint density at radius 2 is 1.90 bits per heavy atom. The molecule has 0 saturated carbocycles. The molecule has 0 fully saturated rings. The molecule has 0 radical (unpaired) electrons. The topological polar surface area (TPSA) is 29.1 Å². The first-order valence-corrected chi connectivity index (χ1v) is 7.09. The summed E-state index contributed by atoms with van der Waals surface area (Å²) in [5.74, 6) is -1.07. The van der Waals surface area contributed by atoms with E-state index in [2.05, 4.69) is 11.4 Å². The Morgan fingerprint density at radius 3 is 2.52 bits per heavy atom. The third-order valence-corrected chi connectivity index (χ3v) is 3.65. The maximum atomic E-state index is 13.7. The van der Waals surface area contributed by atoms with Gasteiger partial charge in [-0.2, -0.15) is 0 Å². The smallest absolute Gasteiger partial charge is 0.254 e. The number of rotatable bonds is 3.